The van der Waals surface area contributed by atoms with E-state index in [-0.39, 0.29) is 5.60 Å². The molecular formula is C19H23NO. The number of aryl methyl sites for hydroxylation is 1. The average Bonchev–Trinajstić information content (AvgIpc) is 2.75. The minimum Gasteiger partial charge on any atom is -0.487 e. The zero-order valence-electron chi connectivity index (χ0n) is 13.3. The van der Waals surface area contributed by atoms with Gasteiger partial charge in [-0.25, -0.2) is 0 Å². The molecule has 0 saturated carbocycles. The lowest BCUT2D eigenvalue weighted by Crippen LogP contribution is -2.25. The van der Waals surface area contributed by atoms with Crippen LogP contribution in [0.2, 0.25) is 0 Å². The third-order valence-electron chi connectivity index (χ3n) is 4.25. The summed E-state index contributed by atoms with van der Waals surface area (Å²) in [5, 5.41) is 3.55. The molecule has 1 heterocycles. The van der Waals surface area contributed by atoms with Crippen molar-refractivity contribution in [3.63, 3.8) is 0 Å². The quantitative estimate of drug-likeness (QED) is 0.885. The molecule has 0 radical (unpaired) electrons. The number of ether oxygens (including phenoxy) is 1. The van der Waals surface area contributed by atoms with Crippen molar-refractivity contribution in [1.29, 1.82) is 0 Å². The number of para-hydroxylation sites is 1. The summed E-state index contributed by atoms with van der Waals surface area (Å²) in [4.78, 5) is 0. The van der Waals surface area contributed by atoms with Crippen LogP contribution in [0.5, 0.6) is 5.75 Å². The lowest BCUT2D eigenvalue weighted by atomic mass is 10.0. The SMILES string of the molecule is Cc1cccc(NCc2cccc3c2OC(C)(C)C3)c1C. The van der Waals surface area contributed by atoms with Gasteiger partial charge in [0.05, 0.1) is 0 Å². The molecule has 2 aromatic carbocycles. The Morgan fingerprint density at radius 2 is 1.86 bits per heavy atom. The molecule has 110 valence electrons. The number of nitrogens with one attached hydrogen (secondary N) is 1. The molecule has 0 aliphatic carbocycles. The normalized spacial score (nSPS) is 15.4. The summed E-state index contributed by atoms with van der Waals surface area (Å²) < 4.78 is 6.13. The first-order valence-electron chi connectivity index (χ1n) is 7.56. The molecule has 3 rings (SSSR count). The largest absolute Gasteiger partial charge is 0.487 e. The van der Waals surface area contributed by atoms with Gasteiger partial charge in [-0.3, -0.25) is 0 Å². The number of fused-ring (bicyclic) bond motifs is 1. The maximum absolute atomic E-state index is 6.13. The number of rotatable bonds is 3. The van der Waals surface area contributed by atoms with Crippen molar-refractivity contribution in [2.45, 2.75) is 46.3 Å². The zero-order chi connectivity index (χ0) is 15.0. The predicted molar refractivity (Wildman–Crippen MR) is 88.1 cm³/mol. The van der Waals surface area contributed by atoms with E-state index in [9.17, 15) is 0 Å². The van der Waals surface area contributed by atoms with Gasteiger partial charge in [0.25, 0.3) is 0 Å². The van der Waals surface area contributed by atoms with E-state index in [4.69, 9.17) is 4.74 Å². The molecule has 1 N–H and O–H groups in total. The summed E-state index contributed by atoms with van der Waals surface area (Å²) in [5.41, 5.74) is 6.30. The van der Waals surface area contributed by atoms with Crippen molar-refractivity contribution in [1.82, 2.24) is 0 Å². The van der Waals surface area contributed by atoms with Gasteiger partial charge in [0, 0.05) is 24.2 Å². The number of hydrogen-bond donors (Lipinski definition) is 1. The fourth-order valence-corrected chi connectivity index (χ4v) is 2.95. The molecule has 0 bridgehead atoms. The first-order valence-corrected chi connectivity index (χ1v) is 7.56. The second-order valence-electron chi connectivity index (χ2n) is 6.54. The standard InChI is InChI=1S/C19H23NO/c1-13-7-5-10-17(14(13)2)20-12-16-9-6-8-15-11-19(3,4)21-18(15)16/h5-10,20H,11-12H2,1-4H3. The molecule has 0 aromatic heterocycles. The van der Waals surface area contributed by atoms with Crippen LogP contribution in [0.25, 0.3) is 0 Å². The molecule has 1 aliphatic rings. The van der Waals surface area contributed by atoms with Crippen molar-refractivity contribution >= 4 is 5.69 Å². The van der Waals surface area contributed by atoms with Gasteiger partial charge >= 0.3 is 0 Å². The lowest BCUT2D eigenvalue weighted by molar-refractivity contribution is 0.137. The molecule has 0 spiro atoms. The third kappa shape index (κ3) is 2.76. The topological polar surface area (TPSA) is 21.3 Å². The van der Waals surface area contributed by atoms with Crippen molar-refractivity contribution in [2.24, 2.45) is 0 Å². The minimum absolute atomic E-state index is 0.0856. The molecule has 0 saturated heterocycles. The Morgan fingerprint density at radius 1 is 1.10 bits per heavy atom. The molecule has 0 unspecified atom stereocenters. The van der Waals surface area contributed by atoms with Gasteiger partial charge in [-0.1, -0.05) is 30.3 Å². The smallest absolute Gasteiger partial charge is 0.128 e. The summed E-state index contributed by atoms with van der Waals surface area (Å²) in [6, 6.07) is 12.8. The molecular weight excluding hydrogens is 258 g/mol. The Balaban J connectivity index is 1.82. The second-order valence-corrected chi connectivity index (χ2v) is 6.54. The van der Waals surface area contributed by atoms with Gasteiger partial charge in [0.1, 0.15) is 11.4 Å². The van der Waals surface area contributed by atoms with Gasteiger partial charge < -0.3 is 10.1 Å². The molecule has 0 atom stereocenters. The van der Waals surface area contributed by atoms with Crippen molar-refractivity contribution in [2.75, 3.05) is 5.32 Å². The van der Waals surface area contributed by atoms with E-state index in [1.165, 1.54) is 27.9 Å². The zero-order valence-corrected chi connectivity index (χ0v) is 13.3. The molecule has 2 nitrogen and oxygen atoms in total. The Labute approximate surface area is 127 Å². The van der Waals surface area contributed by atoms with Crippen LogP contribution in [0.4, 0.5) is 5.69 Å². The molecule has 21 heavy (non-hydrogen) atoms. The lowest BCUT2D eigenvalue weighted by Gasteiger charge is -2.19. The van der Waals surface area contributed by atoms with E-state index in [1.54, 1.807) is 0 Å². The second kappa shape index (κ2) is 5.10. The van der Waals surface area contributed by atoms with E-state index >= 15 is 0 Å². The Bertz CT molecular complexity index is 673. The fourth-order valence-electron chi connectivity index (χ4n) is 2.95. The van der Waals surface area contributed by atoms with Gasteiger partial charge in [0.15, 0.2) is 0 Å². The van der Waals surface area contributed by atoms with Crippen LogP contribution in [0.1, 0.15) is 36.1 Å². The highest BCUT2D eigenvalue weighted by Crippen LogP contribution is 2.37. The highest BCUT2D eigenvalue weighted by molar-refractivity contribution is 5.55. The summed E-state index contributed by atoms with van der Waals surface area (Å²) in [6.45, 7) is 9.40. The maximum atomic E-state index is 6.13. The van der Waals surface area contributed by atoms with Crippen LogP contribution >= 0.6 is 0 Å². The molecule has 2 aromatic rings. The molecule has 1 aliphatic heterocycles. The number of benzene rings is 2. The van der Waals surface area contributed by atoms with Crippen LogP contribution in [0.3, 0.4) is 0 Å². The van der Waals surface area contributed by atoms with Gasteiger partial charge in [-0.2, -0.15) is 0 Å². The summed E-state index contributed by atoms with van der Waals surface area (Å²) in [5.74, 6) is 1.07. The Kier molecular flexibility index (Phi) is 3.40. The van der Waals surface area contributed by atoms with E-state index < -0.39 is 0 Å². The summed E-state index contributed by atoms with van der Waals surface area (Å²) >= 11 is 0. The monoisotopic (exact) mass is 281 g/mol. The number of hydrogen-bond acceptors (Lipinski definition) is 2. The highest BCUT2D eigenvalue weighted by Gasteiger charge is 2.31. The van der Waals surface area contributed by atoms with E-state index in [2.05, 4.69) is 69.4 Å². The Hall–Kier alpha value is -1.96. The molecule has 0 amide bonds. The first-order chi connectivity index (χ1) is 9.96. The van der Waals surface area contributed by atoms with Gasteiger partial charge in [-0.05, 0) is 50.5 Å². The van der Waals surface area contributed by atoms with Crippen molar-refractivity contribution in [3.05, 3.63) is 58.7 Å². The minimum atomic E-state index is -0.0856. The van der Waals surface area contributed by atoms with Crippen LogP contribution in [0.15, 0.2) is 36.4 Å². The van der Waals surface area contributed by atoms with Crippen LogP contribution in [-0.4, -0.2) is 5.60 Å². The summed E-state index contributed by atoms with van der Waals surface area (Å²) in [6.07, 6.45) is 0.986. The van der Waals surface area contributed by atoms with Gasteiger partial charge in [0.2, 0.25) is 0 Å². The average molecular weight is 281 g/mol. The maximum Gasteiger partial charge on any atom is 0.128 e. The fraction of sp³-hybridized carbons (Fsp3) is 0.368. The van der Waals surface area contributed by atoms with E-state index in [0.717, 1.165) is 18.7 Å². The first kappa shape index (κ1) is 14.0. The molecule has 2 heteroatoms. The van der Waals surface area contributed by atoms with Crippen molar-refractivity contribution < 1.29 is 4.74 Å². The highest BCUT2D eigenvalue weighted by atomic mass is 16.5. The van der Waals surface area contributed by atoms with Gasteiger partial charge in [-0.15, -0.1) is 0 Å². The summed E-state index contributed by atoms with van der Waals surface area (Å²) in [7, 11) is 0. The Morgan fingerprint density at radius 3 is 2.67 bits per heavy atom. The van der Waals surface area contributed by atoms with Crippen LogP contribution in [-0.2, 0) is 13.0 Å². The van der Waals surface area contributed by atoms with Crippen molar-refractivity contribution in [3.8, 4) is 5.75 Å². The van der Waals surface area contributed by atoms with E-state index in [0.29, 0.717) is 0 Å². The predicted octanol–water partition coefficient (Wildman–Crippen LogP) is 4.63. The van der Waals surface area contributed by atoms with Crippen LogP contribution in [0, 0.1) is 13.8 Å². The van der Waals surface area contributed by atoms with Crippen LogP contribution < -0.4 is 10.1 Å². The number of anilines is 1. The third-order valence-corrected chi connectivity index (χ3v) is 4.25. The molecule has 0 fully saturated rings. The van der Waals surface area contributed by atoms with E-state index in [1.807, 2.05) is 0 Å².